The minimum Gasteiger partial charge on any atom is -0.369 e. The smallest absolute Gasteiger partial charge is 0.115 e. The molecule has 1 aliphatic rings. The molecule has 66 valence electrons. The molecule has 1 atom stereocenters. The molecule has 0 radical (unpaired) electrons. The number of rotatable bonds is 1. The SMILES string of the molecule is Cn1cc(C2CNCCO2)nn1. The van der Waals surface area contributed by atoms with Crippen LogP contribution in [0.1, 0.15) is 11.8 Å². The van der Waals surface area contributed by atoms with E-state index in [2.05, 4.69) is 15.6 Å². The molecule has 12 heavy (non-hydrogen) atoms. The summed E-state index contributed by atoms with van der Waals surface area (Å²) in [5.74, 6) is 0. The predicted octanol–water partition coefficient (Wildman–Crippen LogP) is -0.524. The fraction of sp³-hybridized carbons (Fsp3) is 0.714. The molecule has 1 aromatic heterocycles. The van der Waals surface area contributed by atoms with Crippen molar-refractivity contribution in [1.82, 2.24) is 20.3 Å². The molecule has 2 rings (SSSR count). The number of ether oxygens (including phenoxy) is 1. The molecule has 0 spiro atoms. The van der Waals surface area contributed by atoms with Gasteiger partial charge in [-0.25, -0.2) is 0 Å². The van der Waals surface area contributed by atoms with Crippen LogP contribution in [0, 0.1) is 0 Å². The second kappa shape index (κ2) is 3.20. The zero-order valence-electron chi connectivity index (χ0n) is 7.03. The molecule has 2 heterocycles. The Hall–Kier alpha value is -0.940. The number of hydrogen-bond donors (Lipinski definition) is 1. The summed E-state index contributed by atoms with van der Waals surface area (Å²) in [4.78, 5) is 0. The number of aromatic nitrogens is 3. The highest BCUT2D eigenvalue weighted by atomic mass is 16.5. The molecular weight excluding hydrogens is 156 g/mol. The lowest BCUT2D eigenvalue weighted by atomic mass is 10.2. The van der Waals surface area contributed by atoms with Crippen LogP contribution in [-0.2, 0) is 11.8 Å². The Morgan fingerprint density at radius 1 is 1.75 bits per heavy atom. The number of nitrogens with one attached hydrogen (secondary N) is 1. The second-order valence-electron chi connectivity index (χ2n) is 2.88. The highest BCUT2D eigenvalue weighted by Gasteiger charge is 2.17. The highest BCUT2D eigenvalue weighted by Crippen LogP contribution is 2.14. The summed E-state index contributed by atoms with van der Waals surface area (Å²) >= 11 is 0. The van der Waals surface area contributed by atoms with Gasteiger partial charge in [-0.3, -0.25) is 4.68 Å². The Labute approximate surface area is 70.7 Å². The van der Waals surface area contributed by atoms with Crippen LogP contribution in [-0.4, -0.2) is 34.7 Å². The minimum atomic E-state index is 0.0763. The fourth-order valence-electron chi connectivity index (χ4n) is 1.27. The highest BCUT2D eigenvalue weighted by molar-refractivity contribution is 4.99. The summed E-state index contributed by atoms with van der Waals surface area (Å²) in [7, 11) is 1.85. The van der Waals surface area contributed by atoms with Gasteiger partial charge in [-0.15, -0.1) is 5.10 Å². The largest absolute Gasteiger partial charge is 0.369 e. The number of aryl methyl sites for hydroxylation is 1. The number of morpholine rings is 1. The summed E-state index contributed by atoms with van der Waals surface area (Å²) in [6, 6.07) is 0. The first-order valence-corrected chi connectivity index (χ1v) is 4.05. The standard InChI is InChI=1S/C7H12N4O/c1-11-5-6(9-10-11)7-4-8-2-3-12-7/h5,7-8H,2-4H2,1H3. The Morgan fingerprint density at radius 3 is 3.25 bits per heavy atom. The molecular formula is C7H12N4O. The Morgan fingerprint density at radius 2 is 2.67 bits per heavy atom. The van der Waals surface area contributed by atoms with Crippen LogP contribution in [0.2, 0.25) is 0 Å². The van der Waals surface area contributed by atoms with Gasteiger partial charge in [0.1, 0.15) is 11.8 Å². The van der Waals surface area contributed by atoms with Crippen molar-refractivity contribution in [2.75, 3.05) is 19.7 Å². The van der Waals surface area contributed by atoms with Crippen molar-refractivity contribution >= 4 is 0 Å². The predicted molar refractivity (Wildman–Crippen MR) is 42.6 cm³/mol. The van der Waals surface area contributed by atoms with Crippen LogP contribution in [0.4, 0.5) is 0 Å². The zero-order chi connectivity index (χ0) is 8.39. The van der Waals surface area contributed by atoms with E-state index >= 15 is 0 Å². The van der Waals surface area contributed by atoms with Crippen LogP contribution < -0.4 is 5.32 Å². The summed E-state index contributed by atoms with van der Waals surface area (Å²) in [5.41, 5.74) is 0.907. The average molecular weight is 168 g/mol. The van der Waals surface area contributed by atoms with Gasteiger partial charge in [0.05, 0.1) is 12.8 Å². The Bertz CT molecular complexity index is 254. The van der Waals surface area contributed by atoms with E-state index in [1.54, 1.807) is 4.68 Å². The van der Waals surface area contributed by atoms with Gasteiger partial charge in [-0.05, 0) is 0 Å². The van der Waals surface area contributed by atoms with E-state index in [0.29, 0.717) is 0 Å². The third-order valence-corrected chi connectivity index (χ3v) is 1.88. The molecule has 0 amide bonds. The molecule has 0 aromatic carbocycles. The average Bonchev–Trinajstić information content (AvgIpc) is 2.54. The van der Waals surface area contributed by atoms with E-state index in [4.69, 9.17) is 4.74 Å². The van der Waals surface area contributed by atoms with Gasteiger partial charge in [-0.2, -0.15) is 0 Å². The van der Waals surface area contributed by atoms with E-state index in [1.165, 1.54) is 0 Å². The van der Waals surface area contributed by atoms with Crippen LogP contribution in [0.5, 0.6) is 0 Å². The maximum Gasteiger partial charge on any atom is 0.115 e. The molecule has 5 nitrogen and oxygen atoms in total. The minimum absolute atomic E-state index is 0.0763. The van der Waals surface area contributed by atoms with E-state index in [0.717, 1.165) is 25.4 Å². The first-order valence-electron chi connectivity index (χ1n) is 4.05. The van der Waals surface area contributed by atoms with E-state index < -0.39 is 0 Å². The van der Waals surface area contributed by atoms with E-state index in [1.807, 2.05) is 13.2 Å². The normalized spacial score (nSPS) is 24.2. The molecule has 1 fully saturated rings. The monoisotopic (exact) mass is 168 g/mol. The summed E-state index contributed by atoms with van der Waals surface area (Å²) in [6.07, 6.45) is 1.96. The van der Waals surface area contributed by atoms with Crippen molar-refractivity contribution < 1.29 is 4.74 Å². The van der Waals surface area contributed by atoms with E-state index in [9.17, 15) is 0 Å². The number of nitrogens with zero attached hydrogens (tertiary/aromatic N) is 3. The van der Waals surface area contributed by atoms with Crippen molar-refractivity contribution in [3.63, 3.8) is 0 Å². The first kappa shape index (κ1) is 7.70. The van der Waals surface area contributed by atoms with Crippen molar-refractivity contribution in [2.45, 2.75) is 6.10 Å². The lowest BCUT2D eigenvalue weighted by Gasteiger charge is -2.21. The van der Waals surface area contributed by atoms with Crippen LogP contribution in [0.15, 0.2) is 6.20 Å². The molecule has 0 saturated carbocycles. The molecule has 0 aliphatic carbocycles. The maximum absolute atomic E-state index is 5.50. The number of hydrogen-bond acceptors (Lipinski definition) is 4. The van der Waals surface area contributed by atoms with Crippen molar-refractivity contribution in [3.8, 4) is 0 Å². The molecule has 1 N–H and O–H groups in total. The van der Waals surface area contributed by atoms with Crippen molar-refractivity contribution in [3.05, 3.63) is 11.9 Å². The van der Waals surface area contributed by atoms with Gasteiger partial charge < -0.3 is 10.1 Å². The van der Waals surface area contributed by atoms with Crippen molar-refractivity contribution in [1.29, 1.82) is 0 Å². The molecule has 1 saturated heterocycles. The lowest BCUT2D eigenvalue weighted by Crippen LogP contribution is -2.33. The lowest BCUT2D eigenvalue weighted by molar-refractivity contribution is 0.0249. The molecule has 1 aliphatic heterocycles. The molecule has 0 bridgehead atoms. The van der Waals surface area contributed by atoms with Crippen LogP contribution in [0.3, 0.4) is 0 Å². The topological polar surface area (TPSA) is 52.0 Å². The third-order valence-electron chi connectivity index (χ3n) is 1.88. The second-order valence-corrected chi connectivity index (χ2v) is 2.88. The van der Waals surface area contributed by atoms with E-state index in [-0.39, 0.29) is 6.10 Å². The van der Waals surface area contributed by atoms with Gasteiger partial charge >= 0.3 is 0 Å². The quantitative estimate of drug-likeness (QED) is 0.613. The fourth-order valence-corrected chi connectivity index (χ4v) is 1.27. The zero-order valence-corrected chi connectivity index (χ0v) is 7.03. The summed E-state index contributed by atoms with van der Waals surface area (Å²) in [5, 5.41) is 11.1. The van der Waals surface area contributed by atoms with Gasteiger partial charge in [0.15, 0.2) is 0 Å². The van der Waals surface area contributed by atoms with Crippen LogP contribution in [0.25, 0.3) is 0 Å². The molecule has 5 heteroatoms. The van der Waals surface area contributed by atoms with Gasteiger partial charge in [-0.1, -0.05) is 5.21 Å². The Balaban J connectivity index is 2.08. The first-order chi connectivity index (χ1) is 5.86. The van der Waals surface area contributed by atoms with Crippen LogP contribution >= 0.6 is 0 Å². The third kappa shape index (κ3) is 1.46. The Kier molecular flexibility index (Phi) is 2.05. The maximum atomic E-state index is 5.50. The van der Waals surface area contributed by atoms with Crippen molar-refractivity contribution in [2.24, 2.45) is 7.05 Å². The van der Waals surface area contributed by atoms with Gasteiger partial charge in [0.2, 0.25) is 0 Å². The van der Waals surface area contributed by atoms with Gasteiger partial charge in [0, 0.05) is 20.1 Å². The van der Waals surface area contributed by atoms with Gasteiger partial charge in [0.25, 0.3) is 0 Å². The summed E-state index contributed by atoms with van der Waals surface area (Å²) < 4.78 is 7.19. The molecule has 1 unspecified atom stereocenters. The summed E-state index contributed by atoms with van der Waals surface area (Å²) in [6.45, 7) is 2.51. The molecule has 1 aromatic rings.